The highest BCUT2D eigenvalue weighted by molar-refractivity contribution is 7.99. The molecular formula is C44H46O7S. The Hall–Kier alpha value is -4.28. The van der Waals surface area contributed by atoms with Gasteiger partial charge in [-0.2, -0.15) is 0 Å². The highest BCUT2D eigenvalue weighted by Crippen LogP contribution is 2.47. The molecule has 0 spiro atoms. The second-order valence-electron chi connectivity index (χ2n) is 12.7. The monoisotopic (exact) mass is 718 g/mol. The van der Waals surface area contributed by atoms with Crippen molar-refractivity contribution in [1.82, 2.24) is 0 Å². The first-order valence-corrected chi connectivity index (χ1v) is 18.6. The molecule has 0 aromatic heterocycles. The topological polar surface area (TPSA) is 72.5 Å². The Morgan fingerprint density at radius 3 is 1.48 bits per heavy atom. The lowest BCUT2D eigenvalue weighted by Crippen LogP contribution is -2.66. The molecule has 5 atom stereocenters. The van der Waals surface area contributed by atoms with E-state index in [0.29, 0.717) is 25.6 Å². The Morgan fingerprint density at radius 1 is 0.577 bits per heavy atom. The van der Waals surface area contributed by atoms with Crippen molar-refractivity contribution in [3.05, 3.63) is 179 Å². The molecule has 0 amide bonds. The van der Waals surface area contributed by atoms with E-state index < -0.39 is 35.3 Å². The molecule has 52 heavy (non-hydrogen) atoms. The first kappa shape index (κ1) is 37.5. The molecule has 0 unspecified atom stereocenters. The van der Waals surface area contributed by atoms with E-state index in [1.807, 2.05) is 140 Å². The Bertz CT molecular complexity index is 1740. The van der Waals surface area contributed by atoms with Crippen LogP contribution in [-0.4, -0.2) is 49.0 Å². The van der Waals surface area contributed by atoms with Gasteiger partial charge in [0.2, 0.25) is 0 Å². The largest absolute Gasteiger partial charge is 0.469 e. The minimum absolute atomic E-state index is 0.0771. The molecule has 0 aliphatic carbocycles. The molecule has 5 aromatic rings. The standard InChI is InChI=1S/C44H46O7S/c1-46-40(45)27-44(52-33-38-25-15-6-16-26-38)43(50-31-37-23-13-5-14-24-37)42(49-30-36-21-11-4-12-22-36)41(48-29-35-19-9-3-10-20-35)39(51-44)32-47-28-34-17-7-2-8-18-34/h2-26,39,41-43H,27-33H2,1H3/t39-,41-,42+,43-,44-/m1/s1. The SMILES string of the molecule is COC(=O)C[C@]1(SCc2ccccc2)O[C@H](COCc2ccccc2)[C@@H](OCc2ccccc2)[C@H](OCc2ccccc2)[C@H]1OCc1ccccc1. The van der Waals surface area contributed by atoms with E-state index in [4.69, 9.17) is 28.4 Å². The zero-order valence-corrected chi connectivity index (χ0v) is 30.3. The Balaban J connectivity index is 1.41. The summed E-state index contributed by atoms with van der Waals surface area (Å²) in [5.74, 6) is 0.143. The number of methoxy groups -OCH3 is 1. The van der Waals surface area contributed by atoms with Gasteiger partial charge in [-0.15, -0.1) is 11.8 Å². The number of hydrogen-bond donors (Lipinski definition) is 0. The van der Waals surface area contributed by atoms with Gasteiger partial charge in [0.1, 0.15) is 24.4 Å². The Morgan fingerprint density at radius 2 is 1.00 bits per heavy atom. The molecule has 1 heterocycles. The molecule has 1 aliphatic heterocycles. The summed E-state index contributed by atoms with van der Waals surface area (Å²) in [6, 6.07) is 50.2. The number of benzene rings is 5. The van der Waals surface area contributed by atoms with Crippen molar-refractivity contribution in [2.45, 2.75) is 68.0 Å². The van der Waals surface area contributed by atoms with Gasteiger partial charge in [0.05, 0.1) is 46.6 Å². The molecule has 0 bridgehead atoms. The maximum absolute atomic E-state index is 13.4. The van der Waals surface area contributed by atoms with E-state index in [2.05, 4.69) is 12.1 Å². The summed E-state index contributed by atoms with van der Waals surface area (Å²) in [4.78, 5) is 12.2. The molecule has 6 rings (SSSR count). The lowest BCUT2D eigenvalue weighted by atomic mass is 9.91. The van der Waals surface area contributed by atoms with Crippen LogP contribution in [-0.2, 0) is 65.4 Å². The number of hydrogen-bond acceptors (Lipinski definition) is 8. The van der Waals surface area contributed by atoms with E-state index in [9.17, 15) is 4.79 Å². The zero-order chi connectivity index (χ0) is 35.9. The van der Waals surface area contributed by atoms with Crippen LogP contribution >= 0.6 is 11.8 Å². The van der Waals surface area contributed by atoms with Gasteiger partial charge in [-0.25, -0.2) is 0 Å². The fourth-order valence-electron chi connectivity index (χ4n) is 6.28. The predicted molar refractivity (Wildman–Crippen MR) is 203 cm³/mol. The van der Waals surface area contributed by atoms with Gasteiger partial charge in [0.15, 0.2) is 4.93 Å². The third-order valence-electron chi connectivity index (χ3n) is 8.95. The average Bonchev–Trinajstić information content (AvgIpc) is 3.20. The first-order valence-electron chi connectivity index (χ1n) is 17.6. The van der Waals surface area contributed by atoms with Crippen molar-refractivity contribution in [2.24, 2.45) is 0 Å². The molecule has 0 N–H and O–H groups in total. The van der Waals surface area contributed by atoms with Crippen LogP contribution in [0.5, 0.6) is 0 Å². The Labute approximate surface area is 311 Å². The maximum Gasteiger partial charge on any atom is 0.309 e. The quantitative estimate of drug-likeness (QED) is 0.0836. The fourth-order valence-corrected chi connectivity index (χ4v) is 7.66. The zero-order valence-electron chi connectivity index (χ0n) is 29.5. The van der Waals surface area contributed by atoms with Crippen LogP contribution in [0, 0.1) is 0 Å². The van der Waals surface area contributed by atoms with Crippen LogP contribution in [0.15, 0.2) is 152 Å². The van der Waals surface area contributed by atoms with E-state index in [-0.39, 0.29) is 19.6 Å². The molecule has 1 saturated heterocycles. The molecule has 0 radical (unpaired) electrons. The van der Waals surface area contributed by atoms with Crippen LogP contribution in [0.2, 0.25) is 0 Å². The fraction of sp³-hybridized carbons (Fsp3) is 0.295. The highest BCUT2D eigenvalue weighted by Gasteiger charge is 2.58. The highest BCUT2D eigenvalue weighted by atomic mass is 32.2. The first-order chi connectivity index (χ1) is 25.6. The van der Waals surface area contributed by atoms with E-state index in [1.165, 1.54) is 18.9 Å². The molecule has 1 aliphatic rings. The molecule has 7 nitrogen and oxygen atoms in total. The third kappa shape index (κ3) is 10.6. The molecular weight excluding hydrogens is 673 g/mol. The van der Waals surface area contributed by atoms with Crippen LogP contribution in [0.4, 0.5) is 0 Å². The lowest BCUT2D eigenvalue weighted by molar-refractivity contribution is -0.283. The van der Waals surface area contributed by atoms with Gasteiger partial charge in [0, 0.05) is 5.75 Å². The van der Waals surface area contributed by atoms with Crippen LogP contribution in [0.25, 0.3) is 0 Å². The van der Waals surface area contributed by atoms with Crippen LogP contribution < -0.4 is 0 Å². The van der Waals surface area contributed by atoms with Gasteiger partial charge in [-0.3, -0.25) is 4.79 Å². The van der Waals surface area contributed by atoms with E-state index in [0.717, 1.165) is 27.8 Å². The molecule has 5 aromatic carbocycles. The summed E-state index contributed by atoms with van der Waals surface area (Å²) in [5, 5.41) is 0. The number of rotatable bonds is 18. The predicted octanol–water partition coefficient (Wildman–Crippen LogP) is 8.55. The summed E-state index contributed by atoms with van der Waals surface area (Å²) in [7, 11) is 1.40. The van der Waals surface area contributed by atoms with Gasteiger partial charge in [-0.1, -0.05) is 152 Å². The van der Waals surface area contributed by atoms with Crippen molar-refractivity contribution in [3.63, 3.8) is 0 Å². The summed E-state index contributed by atoms with van der Waals surface area (Å²) in [6.07, 6.45) is -2.75. The Kier molecular flexibility index (Phi) is 14.1. The second-order valence-corrected chi connectivity index (χ2v) is 14.0. The van der Waals surface area contributed by atoms with Crippen molar-refractivity contribution in [2.75, 3.05) is 13.7 Å². The van der Waals surface area contributed by atoms with Gasteiger partial charge in [-0.05, 0) is 27.8 Å². The average molecular weight is 719 g/mol. The number of ether oxygens (including phenoxy) is 6. The minimum atomic E-state index is -1.23. The number of thioether (sulfide) groups is 1. The molecule has 0 saturated carbocycles. The van der Waals surface area contributed by atoms with Gasteiger partial charge < -0.3 is 28.4 Å². The summed E-state index contributed by atoms with van der Waals surface area (Å²) in [5.41, 5.74) is 5.13. The van der Waals surface area contributed by atoms with E-state index >= 15 is 0 Å². The summed E-state index contributed by atoms with van der Waals surface area (Å²) in [6.45, 7) is 1.48. The number of carbonyl (C=O) groups excluding carboxylic acids is 1. The van der Waals surface area contributed by atoms with E-state index in [1.54, 1.807) is 0 Å². The van der Waals surface area contributed by atoms with Crippen molar-refractivity contribution in [3.8, 4) is 0 Å². The summed E-state index contributed by atoms with van der Waals surface area (Å²) < 4.78 is 39.6. The van der Waals surface area contributed by atoms with Crippen molar-refractivity contribution < 1.29 is 33.2 Å². The molecule has 1 fully saturated rings. The summed E-state index contributed by atoms with van der Waals surface area (Å²) >= 11 is 1.52. The lowest BCUT2D eigenvalue weighted by Gasteiger charge is -2.52. The maximum atomic E-state index is 13.4. The third-order valence-corrected chi connectivity index (χ3v) is 10.4. The van der Waals surface area contributed by atoms with Gasteiger partial charge >= 0.3 is 5.97 Å². The van der Waals surface area contributed by atoms with Crippen LogP contribution in [0.3, 0.4) is 0 Å². The van der Waals surface area contributed by atoms with Crippen molar-refractivity contribution >= 4 is 17.7 Å². The second kappa shape index (κ2) is 19.5. The minimum Gasteiger partial charge on any atom is -0.469 e. The van der Waals surface area contributed by atoms with Crippen LogP contribution in [0.1, 0.15) is 34.2 Å². The number of esters is 1. The molecule has 270 valence electrons. The number of carbonyl (C=O) groups is 1. The van der Waals surface area contributed by atoms with Crippen molar-refractivity contribution in [1.29, 1.82) is 0 Å². The smallest absolute Gasteiger partial charge is 0.309 e. The normalized spacial score (nSPS) is 21.4. The molecule has 8 heteroatoms. The van der Waals surface area contributed by atoms with Gasteiger partial charge in [0.25, 0.3) is 0 Å².